The zero-order valence-corrected chi connectivity index (χ0v) is 17.5. The van der Waals surface area contributed by atoms with Gasteiger partial charge in [0.1, 0.15) is 5.76 Å². The van der Waals surface area contributed by atoms with Gasteiger partial charge in [0, 0.05) is 17.5 Å². The van der Waals surface area contributed by atoms with Gasteiger partial charge >= 0.3 is 35.7 Å². The summed E-state index contributed by atoms with van der Waals surface area (Å²) in [4.78, 5) is 35.7. The van der Waals surface area contributed by atoms with E-state index in [2.05, 4.69) is 16.0 Å². The molecule has 3 N–H and O–H groups in total. The molecule has 0 saturated carbocycles. The first-order valence-corrected chi connectivity index (χ1v) is 9.64. The first kappa shape index (κ1) is 25.8. The van der Waals surface area contributed by atoms with Gasteiger partial charge in [0.2, 0.25) is 0 Å². The van der Waals surface area contributed by atoms with Crippen molar-refractivity contribution in [2.75, 3.05) is 0 Å². The molecular weight excluding hydrogens is 497 g/mol. The van der Waals surface area contributed by atoms with E-state index in [1.165, 1.54) is 25.3 Å². The van der Waals surface area contributed by atoms with E-state index < -0.39 is 35.7 Å². The number of furan rings is 2. The molecule has 0 unspecified atom stereocenters. The molecule has 2 heterocycles. The summed E-state index contributed by atoms with van der Waals surface area (Å²) in [5.41, 5.74) is 5.14. The summed E-state index contributed by atoms with van der Waals surface area (Å²) in [5, 5.41) is 3.29. The molecule has 0 atom stereocenters. The Labute approximate surface area is 190 Å². The van der Waals surface area contributed by atoms with Gasteiger partial charge in [0.25, 0.3) is 0 Å². The zero-order valence-electron chi connectivity index (χ0n) is 17.5. The van der Waals surface area contributed by atoms with Crippen molar-refractivity contribution in [1.82, 2.24) is 16.3 Å². The number of carbonyl (C=O) groups is 3. The van der Waals surface area contributed by atoms with Crippen molar-refractivity contribution in [2.45, 2.75) is 44.2 Å². The minimum atomic E-state index is -6.69. The van der Waals surface area contributed by atoms with E-state index in [-0.39, 0.29) is 53.4 Å². The highest BCUT2D eigenvalue weighted by Crippen LogP contribution is 2.46. The summed E-state index contributed by atoms with van der Waals surface area (Å²) in [5.74, 6) is -17.8. The number of rotatable bonds is 5. The molecule has 2 aromatic heterocycles. The third-order valence-electron chi connectivity index (χ3n) is 4.89. The average molecular weight is 512 g/mol. The van der Waals surface area contributed by atoms with Crippen LogP contribution in [-0.4, -0.2) is 41.5 Å². The Morgan fingerprint density at radius 1 is 1.00 bits per heavy atom. The smallest absolute Gasteiger partial charge is 0.459 e. The van der Waals surface area contributed by atoms with E-state index in [9.17, 15) is 45.1 Å². The molecule has 0 saturated heterocycles. The summed E-state index contributed by atoms with van der Waals surface area (Å²) in [6, 6.07) is 2.75. The molecule has 0 radical (unpaired) electrons. The minimum Gasteiger partial charge on any atom is -0.459 e. The molecule has 16 heteroatoms. The lowest BCUT2D eigenvalue weighted by Crippen LogP contribution is -2.58. The Morgan fingerprint density at radius 3 is 2.26 bits per heavy atom. The fourth-order valence-electron chi connectivity index (χ4n) is 3.15. The second-order valence-corrected chi connectivity index (χ2v) is 7.24. The molecule has 0 fully saturated rings. The van der Waals surface area contributed by atoms with Gasteiger partial charge in [0.05, 0.1) is 12.0 Å². The zero-order chi connectivity index (χ0) is 26.2. The summed E-state index contributed by atoms with van der Waals surface area (Å²) in [7, 11) is 0. The van der Waals surface area contributed by atoms with Gasteiger partial charge < -0.3 is 8.83 Å². The molecule has 0 aliphatic heterocycles. The maximum atomic E-state index is 13.5. The molecule has 0 bridgehead atoms. The van der Waals surface area contributed by atoms with Crippen molar-refractivity contribution in [3.63, 3.8) is 0 Å². The van der Waals surface area contributed by atoms with Gasteiger partial charge in [0.15, 0.2) is 11.5 Å². The predicted molar refractivity (Wildman–Crippen MR) is 101 cm³/mol. The van der Waals surface area contributed by atoms with Crippen LogP contribution < -0.4 is 16.3 Å². The second kappa shape index (κ2) is 9.07. The van der Waals surface area contributed by atoms with E-state index >= 15 is 0 Å². The monoisotopic (exact) mass is 512 g/mol. The Hall–Kier alpha value is -3.85. The molecule has 1 aliphatic carbocycles. The number of hydrogen-bond acceptors (Lipinski definition) is 6. The number of carbonyl (C=O) groups excluding carboxylic acids is 3. The van der Waals surface area contributed by atoms with E-state index in [0.29, 0.717) is 0 Å². The number of nitrogens with zero attached hydrogens (tertiary/aromatic N) is 1. The normalized spacial score (nSPS) is 15.5. The Morgan fingerprint density at radius 2 is 1.66 bits per heavy atom. The van der Waals surface area contributed by atoms with E-state index in [0.717, 1.165) is 5.43 Å². The minimum absolute atomic E-state index is 0.00875. The van der Waals surface area contributed by atoms with E-state index in [4.69, 9.17) is 8.83 Å². The Kier molecular flexibility index (Phi) is 6.68. The van der Waals surface area contributed by atoms with Crippen LogP contribution in [0.2, 0.25) is 0 Å². The molecule has 3 amide bonds. The number of hydrazone groups is 1. The number of halogens is 7. The standard InChI is InChI=1S/C19H15F7N4O5/c1-8-12-9(27-30-16(33)17(20,21)18(22,23)19(24,25)26)4-2-5-10(12)35-13(8)15(32)29-28-14(31)11-6-3-7-34-11/h3,6-7H,2,4-5H2,1H3,(H,28,31)(H,29,32)(H,30,33)/b27-9+. The fourth-order valence-corrected chi connectivity index (χ4v) is 3.15. The summed E-state index contributed by atoms with van der Waals surface area (Å²) in [6.07, 6.45) is -4.97. The van der Waals surface area contributed by atoms with Crippen LogP contribution in [0.15, 0.2) is 32.3 Å². The van der Waals surface area contributed by atoms with Gasteiger partial charge in [-0.2, -0.15) is 35.8 Å². The molecule has 0 spiro atoms. The number of aryl methyl sites for hydroxylation is 1. The third-order valence-corrected chi connectivity index (χ3v) is 4.89. The van der Waals surface area contributed by atoms with Crippen LogP contribution in [0.1, 0.15) is 50.8 Å². The third kappa shape index (κ3) is 4.72. The first-order valence-electron chi connectivity index (χ1n) is 9.64. The highest BCUT2D eigenvalue weighted by molar-refractivity contribution is 6.07. The lowest BCUT2D eigenvalue weighted by molar-refractivity contribution is -0.344. The number of fused-ring (bicyclic) bond motifs is 1. The van der Waals surface area contributed by atoms with Gasteiger partial charge in [-0.1, -0.05) is 0 Å². The van der Waals surface area contributed by atoms with Crippen molar-refractivity contribution in [3.05, 3.63) is 46.8 Å². The summed E-state index contributed by atoms with van der Waals surface area (Å²) < 4.78 is 100. The van der Waals surface area contributed by atoms with Gasteiger partial charge in [-0.3, -0.25) is 25.2 Å². The van der Waals surface area contributed by atoms with Crippen molar-refractivity contribution >= 4 is 23.4 Å². The summed E-state index contributed by atoms with van der Waals surface area (Å²) in [6.45, 7) is 1.35. The van der Waals surface area contributed by atoms with Crippen molar-refractivity contribution in [3.8, 4) is 0 Å². The van der Waals surface area contributed by atoms with Crippen LogP contribution in [0.3, 0.4) is 0 Å². The van der Waals surface area contributed by atoms with Crippen LogP contribution in [0.4, 0.5) is 30.7 Å². The SMILES string of the molecule is Cc1c(C(=O)NNC(=O)c2ccco2)oc2c1/C(=N/NC(=O)C(F)(F)C(F)(F)C(F)(F)F)CCC2. The molecule has 2 aromatic rings. The highest BCUT2D eigenvalue weighted by Gasteiger charge is 2.76. The molecule has 0 aromatic carbocycles. The maximum Gasteiger partial charge on any atom is 0.460 e. The van der Waals surface area contributed by atoms with Gasteiger partial charge in [-0.15, -0.1) is 0 Å². The van der Waals surface area contributed by atoms with Crippen LogP contribution in [0, 0.1) is 6.92 Å². The number of amides is 3. The quantitative estimate of drug-likeness (QED) is 0.419. The van der Waals surface area contributed by atoms with Crippen LogP contribution in [-0.2, 0) is 11.2 Å². The fraction of sp³-hybridized carbons (Fsp3) is 0.368. The van der Waals surface area contributed by atoms with Gasteiger partial charge in [-0.05, 0) is 31.9 Å². The number of hydrazine groups is 1. The second-order valence-electron chi connectivity index (χ2n) is 7.24. The lowest BCUT2D eigenvalue weighted by atomic mass is 9.93. The predicted octanol–water partition coefficient (Wildman–Crippen LogP) is 3.25. The van der Waals surface area contributed by atoms with Crippen LogP contribution in [0.25, 0.3) is 0 Å². The molecule has 9 nitrogen and oxygen atoms in total. The lowest BCUT2D eigenvalue weighted by Gasteiger charge is -2.26. The Balaban J connectivity index is 1.78. The average Bonchev–Trinajstić information content (AvgIpc) is 3.43. The van der Waals surface area contributed by atoms with Crippen molar-refractivity contribution in [2.24, 2.45) is 5.10 Å². The number of hydrogen-bond donors (Lipinski definition) is 3. The molecular formula is C19H15F7N4O5. The van der Waals surface area contributed by atoms with Crippen LogP contribution in [0.5, 0.6) is 0 Å². The van der Waals surface area contributed by atoms with Gasteiger partial charge in [-0.25, -0.2) is 5.43 Å². The van der Waals surface area contributed by atoms with Crippen LogP contribution >= 0.6 is 0 Å². The molecule has 1 aliphatic rings. The maximum absolute atomic E-state index is 13.5. The largest absolute Gasteiger partial charge is 0.460 e. The molecule has 35 heavy (non-hydrogen) atoms. The number of nitrogens with one attached hydrogen (secondary N) is 3. The first-order chi connectivity index (χ1) is 16.2. The topological polar surface area (TPSA) is 126 Å². The van der Waals surface area contributed by atoms with E-state index in [1.54, 1.807) is 0 Å². The molecule has 3 rings (SSSR count). The van der Waals surface area contributed by atoms with Crippen molar-refractivity contribution < 1.29 is 54.0 Å². The summed E-state index contributed by atoms with van der Waals surface area (Å²) >= 11 is 0. The van der Waals surface area contributed by atoms with E-state index in [1.807, 2.05) is 0 Å². The number of alkyl halides is 7. The molecule has 190 valence electrons. The highest BCUT2D eigenvalue weighted by atomic mass is 19.4. The Bertz CT molecular complexity index is 1170. The van der Waals surface area contributed by atoms with Crippen molar-refractivity contribution in [1.29, 1.82) is 0 Å².